The zero-order chi connectivity index (χ0) is 21.0. The van der Waals surface area contributed by atoms with Crippen molar-refractivity contribution in [1.82, 2.24) is 4.57 Å². The highest BCUT2D eigenvalue weighted by Crippen LogP contribution is 2.40. The monoisotopic (exact) mass is 399 g/mol. The van der Waals surface area contributed by atoms with Gasteiger partial charge in [0.2, 0.25) is 0 Å². The molecule has 0 aliphatic rings. The minimum absolute atomic E-state index is 0.000431. The maximum Gasteiger partial charge on any atom is 0.359 e. The molecule has 2 aromatic rings. The van der Waals surface area contributed by atoms with E-state index in [4.69, 9.17) is 14.2 Å². The van der Waals surface area contributed by atoms with Gasteiger partial charge < -0.3 is 24.4 Å². The number of esters is 2. The molecule has 0 aliphatic carbocycles. The summed E-state index contributed by atoms with van der Waals surface area (Å²) >= 11 is 0. The molecule has 0 atom stereocenters. The van der Waals surface area contributed by atoms with E-state index in [0.717, 1.165) is 12.1 Å². The van der Waals surface area contributed by atoms with Crippen molar-refractivity contribution in [3.05, 3.63) is 35.2 Å². The average molecular weight is 399 g/mol. The molecular weight excluding hydrogens is 380 g/mol. The van der Waals surface area contributed by atoms with Gasteiger partial charge in [0, 0.05) is 12.1 Å². The first kappa shape index (κ1) is 21.0. The van der Waals surface area contributed by atoms with Crippen molar-refractivity contribution in [3.63, 3.8) is 0 Å². The molecule has 0 saturated carbocycles. The Morgan fingerprint density at radius 2 is 1.32 bits per heavy atom. The van der Waals surface area contributed by atoms with Crippen molar-refractivity contribution in [1.29, 1.82) is 0 Å². The summed E-state index contributed by atoms with van der Waals surface area (Å²) in [5, 5.41) is 20.3. The van der Waals surface area contributed by atoms with Crippen molar-refractivity contribution in [2.45, 2.75) is 20.8 Å². The molecule has 2 rings (SSSR count). The molecule has 0 radical (unpaired) electrons. The number of rotatable bonds is 7. The Bertz CT molecular complexity index is 843. The van der Waals surface area contributed by atoms with Crippen molar-refractivity contribution in [2.75, 3.05) is 19.8 Å². The van der Waals surface area contributed by atoms with E-state index >= 15 is 0 Å². The quantitative estimate of drug-likeness (QED) is 0.690. The fourth-order valence-corrected chi connectivity index (χ4v) is 2.54. The predicted octanol–water partition coefficient (Wildman–Crippen LogP) is 2.92. The molecule has 8 nitrogen and oxygen atoms in total. The number of nitrogens with zero attached hydrogens (tertiary/aromatic N) is 1. The first-order valence-electron chi connectivity index (χ1n) is 8.41. The van der Waals surface area contributed by atoms with E-state index in [1.165, 1.54) is 20.8 Å². The van der Waals surface area contributed by atoms with E-state index < -0.39 is 52.2 Å². The van der Waals surface area contributed by atoms with Gasteiger partial charge in [0.05, 0.1) is 25.5 Å². The highest BCUT2D eigenvalue weighted by atomic mass is 19.1. The molecule has 0 spiro atoms. The molecule has 0 amide bonds. The van der Waals surface area contributed by atoms with Gasteiger partial charge in [0.25, 0.3) is 0 Å². The van der Waals surface area contributed by atoms with Gasteiger partial charge in [-0.1, -0.05) is 0 Å². The van der Waals surface area contributed by atoms with E-state index in [9.17, 15) is 28.6 Å². The van der Waals surface area contributed by atoms with Gasteiger partial charge in [0.15, 0.2) is 40.3 Å². The Kier molecular flexibility index (Phi) is 6.45. The topological polar surface area (TPSA) is 107 Å². The first-order chi connectivity index (χ1) is 13.3. The molecule has 1 aromatic heterocycles. The third-order valence-corrected chi connectivity index (χ3v) is 3.59. The van der Waals surface area contributed by atoms with Gasteiger partial charge in [-0.3, -0.25) is 4.57 Å². The second-order valence-corrected chi connectivity index (χ2v) is 5.34. The number of aromatic hydroxyl groups is 2. The molecule has 152 valence electrons. The van der Waals surface area contributed by atoms with Crippen LogP contribution in [0, 0.1) is 11.6 Å². The number of hydrogen-bond donors (Lipinski definition) is 2. The van der Waals surface area contributed by atoms with Crippen LogP contribution < -0.4 is 4.74 Å². The largest absolute Gasteiger partial charge is 0.503 e. The summed E-state index contributed by atoms with van der Waals surface area (Å²) in [5.41, 5.74) is -1.75. The maximum absolute atomic E-state index is 14.3. The molecule has 0 saturated heterocycles. The molecule has 1 heterocycles. The van der Waals surface area contributed by atoms with Crippen molar-refractivity contribution >= 4 is 11.9 Å². The van der Waals surface area contributed by atoms with Crippen LogP contribution >= 0.6 is 0 Å². The first-order valence-corrected chi connectivity index (χ1v) is 8.41. The average Bonchev–Trinajstić information content (AvgIpc) is 2.90. The second kappa shape index (κ2) is 8.59. The van der Waals surface area contributed by atoms with E-state index in [-0.39, 0.29) is 25.5 Å². The Morgan fingerprint density at radius 1 is 0.893 bits per heavy atom. The summed E-state index contributed by atoms with van der Waals surface area (Å²) in [6.45, 7) is 4.33. The number of aromatic nitrogens is 1. The molecule has 0 fully saturated rings. The van der Waals surface area contributed by atoms with Gasteiger partial charge in [-0.2, -0.15) is 0 Å². The van der Waals surface area contributed by atoms with E-state index in [0.29, 0.717) is 4.57 Å². The fraction of sp³-hybridized carbons (Fsp3) is 0.333. The summed E-state index contributed by atoms with van der Waals surface area (Å²) in [6.07, 6.45) is 0. The van der Waals surface area contributed by atoms with Crippen LogP contribution in [0.4, 0.5) is 8.78 Å². The number of benzene rings is 1. The lowest BCUT2D eigenvalue weighted by atomic mass is 10.2. The highest BCUT2D eigenvalue weighted by molar-refractivity contribution is 6.00. The number of halogens is 2. The minimum Gasteiger partial charge on any atom is -0.503 e. The van der Waals surface area contributed by atoms with E-state index in [1.807, 2.05) is 0 Å². The van der Waals surface area contributed by atoms with Gasteiger partial charge >= 0.3 is 11.9 Å². The van der Waals surface area contributed by atoms with Crippen LogP contribution in [0.3, 0.4) is 0 Å². The Hall–Kier alpha value is -3.30. The highest BCUT2D eigenvalue weighted by Gasteiger charge is 2.34. The number of carbonyl (C=O) groups is 2. The molecular formula is C18H19F2NO7. The van der Waals surface area contributed by atoms with Crippen LogP contribution in [0.5, 0.6) is 17.2 Å². The number of ether oxygens (including phenoxy) is 3. The van der Waals surface area contributed by atoms with Gasteiger partial charge in [-0.25, -0.2) is 18.4 Å². The lowest BCUT2D eigenvalue weighted by Crippen LogP contribution is -2.17. The lowest BCUT2D eigenvalue weighted by molar-refractivity contribution is 0.0507. The van der Waals surface area contributed by atoms with Crippen LogP contribution in [-0.4, -0.2) is 46.5 Å². The zero-order valence-electron chi connectivity index (χ0n) is 15.4. The van der Waals surface area contributed by atoms with E-state index in [2.05, 4.69) is 0 Å². The summed E-state index contributed by atoms with van der Waals surface area (Å²) in [7, 11) is 0. The molecule has 28 heavy (non-hydrogen) atoms. The third kappa shape index (κ3) is 3.71. The SMILES string of the molecule is CCOC(=O)c1c(O)c(O)c(C(=O)OCC)n1-c1cc(F)c(OCC)c(F)c1. The standard InChI is InChI=1S/C18H19F2NO7/c1-4-26-16-10(19)7-9(8-11(16)20)21-12(17(24)27-5-2)14(22)15(23)13(21)18(25)28-6-3/h7-8,22-23H,4-6H2,1-3H3. The predicted molar refractivity (Wildman–Crippen MR) is 92.1 cm³/mol. The van der Waals surface area contributed by atoms with Crippen LogP contribution in [0.15, 0.2) is 12.1 Å². The molecule has 0 aliphatic heterocycles. The summed E-state index contributed by atoms with van der Waals surface area (Å²) < 4.78 is 43.8. The molecule has 2 N–H and O–H groups in total. The molecule has 1 aromatic carbocycles. The summed E-state index contributed by atoms with van der Waals surface area (Å²) in [4.78, 5) is 24.5. The third-order valence-electron chi connectivity index (χ3n) is 3.59. The summed E-state index contributed by atoms with van der Waals surface area (Å²) in [6, 6.07) is 1.55. The van der Waals surface area contributed by atoms with Gasteiger partial charge in [-0.05, 0) is 20.8 Å². The zero-order valence-corrected chi connectivity index (χ0v) is 15.4. The van der Waals surface area contributed by atoms with Crippen molar-refractivity contribution in [2.24, 2.45) is 0 Å². The van der Waals surface area contributed by atoms with Crippen LogP contribution in [-0.2, 0) is 9.47 Å². The molecule has 0 bridgehead atoms. The Labute approximate surface area is 158 Å². The van der Waals surface area contributed by atoms with Gasteiger partial charge in [-0.15, -0.1) is 0 Å². The molecule has 0 unspecified atom stereocenters. The minimum atomic E-state index is -1.12. The Morgan fingerprint density at radius 3 is 1.68 bits per heavy atom. The molecule has 10 heteroatoms. The van der Waals surface area contributed by atoms with Crippen molar-refractivity contribution < 1.29 is 42.8 Å². The smallest absolute Gasteiger partial charge is 0.359 e. The van der Waals surface area contributed by atoms with Crippen LogP contribution in [0.1, 0.15) is 41.7 Å². The van der Waals surface area contributed by atoms with Crippen LogP contribution in [0.25, 0.3) is 5.69 Å². The number of carbonyl (C=O) groups excluding carboxylic acids is 2. The summed E-state index contributed by atoms with van der Waals surface area (Å²) in [5.74, 6) is -7.11. The lowest BCUT2D eigenvalue weighted by Gasteiger charge is -2.14. The van der Waals surface area contributed by atoms with E-state index in [1.54, 1.807) is 0 Å². The normalized spacial score (nSPS) is 10.6. The maximum atomic E-state index is 14.3. The van der Waals surface area contributed by atoms with Gasteiger partial charge in [0.1, 0.15) is 0 Å². The number of hydrogen-bond acceptors (Lipinski definition) is 7. The fourth-order valence-electron chi connectivity index (χ4n) is 2.54. The Balaban J connectivity index is 2.82. The van der Waals surface area contributed by atoms with Crippen molar-refractivity contribution in [3.8, 4) is 22.9 Å². The second-order valence-electron chi connectivity index (χ2n) is 5.34. The van der Waals surface area contributed by atoms with Crippen LogP contribution in [0.2, 0.25) is 0 Å².